The first-order valence-corrected chi connectivity index (χ1v) is 10.0. The molecule has 0 saturated carbocycles. The van der Waals surface area contributed by atoms with E-state index in [-0.39, 0.29) is 12.1 Å². The van der Waals surface area contributed by atoms with Crippen LogP contribution in [-0.2, 0) is 17.9 Å². The number of allylic oxidation sites excluding steroid dienone is 1. The van der Waals surface area contributed by atoms with Crippen molar-refractivity contribution in [3.05, 3.63) is 57.6 Å². The fraction of sp³-hybridized carbons (Fsp3) is 0.176. The molecule has 3 rings (SSSR count). The molecule has 0 saturated heterocycles. The third-order valence-corrected chi connectivity index (χ3v) is 5.78. The second-order valence-corrected chi connectivity index (χ2v) is 8.26. The van der Waals surface area contributed by atoms with E-state index in [1.54, 1.807) is 10.6 Å². The molecule has 2 heterocycles. The van der Waals surface area contributed by atoms with Gasteiger partial charge in [0.1, 0.15) is 17.6 Å². The van der Waals surface area contributed by atoms with Gasteiger partial charge in [-0.1, -0.05) is 29.2 Å². The number of alkyl halides is 2. The minimum absolute atomic E-state index is 0.235. The summed E-state index contributed by atoms with van der Waals surface area (Å²) in [5.74, 6) is -2.94. The first-order valence-electron chi connectivity index (χ1n) is 7.93. The maximum Gasteiger partial charge on any atom is 0.288 e. The highest BCUT2D eigenvalue weighted by molar-refractivity contribution is 7.99. The highest BCUT2D eigenvalue weighted by Gasteiger charge is 2.13. The fourth-order valence-electron chi connectivity index (χ4n) is 2.45. The molecule has 0 aliphatic heterocycles. The normalized spacial score (nSPS) is 11.1. The molecule has 146 valence electrons. The average Bonchev–Trinajstić information content (AvgIpc) is 2.96. The van der Waals surface area contributed by atoms with E-state index in [0.29, 0.717) is 43.2 Å². The second kappa shape index (κ2) is 8.76. The van der Waals surface area contributed by atoms with Crippen LogP contribution < -0.4 is 10.9 Å². The number of benzene rings is 1. The maximum absolute atomic E-state index is 12.6. The number of amides is 1. The van der Waals surface area contributed by atoms with Gasteiger partial charge in [-0.3, -0.25) is 14.2 Å². The van der Waals surface area contributed by atoms with Crippen molar-refractivity contribution in [1.29, 1.82) is 0 Å². The van der Waals surface area contributed by atoms with Gasteiger partial charge in [-0.25, -0.2) is 4.98 Å². The summed E-state index contributed by atoms with van der Waals surface area (Å²) in [5, 5.41) is 2.62. The van der Waals surface area contributed by atoms with Gasteiger partial charge in [0.25, 0.3) is 11.3 Å². The Labute approximate surface area is 171 Å². The van der Waals surface area contributed by atoms with Crippen LogP contribution in [0.1, 0.15) is 0 Å². The molecule has 0 radical (unpaired) electrons. The van der Waals surface area contributed by atoms with Crippen LogP contribution in [0, 0.1) is 3.95 Å². The minimum Gasteiger partial charge on any atom is -0.325 e. The Hall–Kier alpha value is -2.37. The van der Waals surface area contributed by atoms with Crippen LogP contribution in [0.15, 0.2) is 52.9 Å². The van der Waals surface area contributed by atoms with Crippen molar-refractivity contribution in [2.24, 2.45) is 0 Å². The zero-order chi connectivity index (χ0) is 20.3. The predicted octanol–water partition coefficient (Wildman–Crippen LogP) is 4.13. The van der Waals surface area contributed by atoms with Crippen molar-refractivity contribution in [3.8, 4) is 0 Å². The quantitative estimate of drug-likeness (QED) is 0.340. The number of carbonyl (C=O) groups excluding carboxylic acids is 1. The van der Waals surface area contributed by atoms with Gasteiger partial charge in [-0.05, 0) is 36.5 Å². The highest BCUT2D eigenvalue weighted by atomic mass is 32.2. The van der Waals surface area contributed by atoms with E-state index >= 15 is 0 Å². The number of anilines is 1. The first-order chi connectivity index (χ1) is 13.4. The molecule has 0 atom stereocenters. The van der Waals surface area contributed by atoms with Gasteiger partial charge in [0, 0.05) is 17.1 Å². The van der Waals surface area contributed by atoms with Gasteiger partial charge in [0.05, 0.1) is 0 Å². The average molecular weight is 441 g/mol. The Bertz CT molecular complexity index is 1140. The van der Waals surface area contributed by atoms with Crippen LogP contribution in [-0.4, -0.2) is 25.8 Å². The third-order valence-electron chi connectivity index (χ3n) is 3.63. The number of hydrogen-bond donors (Lipinski definition) is 1. The van der Waals surface area contributed by atoms with E-state index in [1.165, 1.54) is 35.2 Å². The summed E-state index contributed by atoms with van der Waals surface area (Å²) in [5.41, 5.74) is 0.546. The third kappa shape index (κ3) is 4.54. The van der Waals surface area contributed by atoms with Crippen molar-refractivity contribution < 1.29 is 13.6 Å². The van der Waals surface area contributed by atoms with Crippen molar-refractivity contribution >= 4 is 57.3 Å². The number of rotatable bonds is 7. The summed E-state index contributed by atoms with van der Waals surface area (Å²) >= 11 is 6.81. The lowest BCUT2D eigenvalue weighted by Gasteiger charge is -2.08. The van der Waals surface area contributed by atoms with Crippen LogP contribution >= 0.6 is 35.3 Å². The predicted molar refractivity (Wildman–Crippen MR) is 110 cm³/mol. The number of nitrogens with zero attached hydrogens (tertiary/aromatic N) is 3. The van der Waals surface area contributed by atoms with Gasteiger partial charge in [-0.15, -0.1) is 6.58 Å². The SMILES string of the molecule is C=CCn1c(=S)sc2c(=O)n(CC(=O)Nc3ccc(SC(F)F)cc3)cnc21. The summed E-state index contributed by atoms with van der Waals surface area (Å²) in [6.07, 6.45) is 2.96. The number of nitrogens with one attached hydrogen (secondary N) is 1. The molecule has 28 heavy (non-hydrogen) atoms. The van der Waals surface area contributed by atoms with Crippen molar-refractivity contribution in [3.63, 3.8) is 0 Å². The summed E-state index contributed by atoms with van der Waals surface area (Å²) in [7, 11) is 0. The molecule has 0 unspecified atom stereocenters. The topological polar surface area (TPSA) is 68.9 Å². The highest BCUT2D eigenvalue weighted by Crippen LogP contribution is 2.26. The molecule has 0 aliphatic carbocycles. The molecule has 1 N–H and O–H groups in total. The van der Waals surface area contributed by atoms with E-state index in [4.69, 9.17) is 12.2 Å². The Morgan fingerprint density at radius 1 is 1.39 bits per heavy atom. The molecule has 1 aromatic carbocycles. The van der Waals surface area contributed by atoms with E-state index in [9.17, 15) is 18.4 Å². The Morgan fingerprint density at radius 2 is 2.11 bits per heavy atom. The molecule has 1 amide bonds. The zero-order valence-corrected chi connectivity index (χ0v) is 16.8. The largest absolute Gasteiger partial charge is 0.325 e. The second-order valence-electron chi connectivity index (χ2n) is 5.55. The Balaban J connectivity index is 1.76. The number of carbonyl (C=O) groups is 1. The molecule has 11 heteroatoms. The molecular weight excluding hydrogens is 426 g/mol. The van der Waals surface area contributed by atoms with Crippen molar-refractivity contribution in [1.82, 2.24) is 14.1 Å². The number of halogens is 2. The summed E-state index contributed by atoms with van der Waals surface area (Å²) < 4.78 is 28.4. The van der Waals surface area contributed by atoms with E-state index in [0.717, 1.165) is 11.3 Å². The molecule has 2 aromatic heterocycles. The van der Waals surface area contributed by atoms with Crippen LogP contribution in [0.25, 0.3) is 10.3 Å². The lowest BCUT2D eigenvalue weighted by atomic mass is 10.3. The lowest BCUT2D eigenvalue weighted by molar-refractivity contribution is -0.116. The van der Waals surface area contributed by atoms with Crippen molar-refractivity contribution in [2.75, 3.05) is 5.32 Å². The molecule has 3 aromatic rings. The molecule has 0 spiro atoms. The van der Waals surface area contributed by atoms with Gasteiger partial charge in [0.2, 0.25) is 5.91 Å². The number of thioether (sulfide) groups is 1. The van der Waals surface area contributed by atoms with Crippen LogP contribution in [0.4, 0.5) is 14.5 Å². The van der Waals surface area contributed by atoms with E-state index < -0.39 is 11.7 Å². The number of hydrogen-bond acceptors (Lipinski definition) is 6. The van der Waals surface area contributed by atoms with Gasteiger partial charge in [-0.2, -0.15) is 8.78 Å². The van der Waals surface area contributed by atoms with E-state index in [1.807, 2.05) is 0 Å². The van der Waals surface area contributed by atoms with Crippen LogP contribution in [0.2, 0.25) is 0 Å². The molecule has 6 nitrogen and oxygen atoms in total. The molecular formula is C17H14F2N4O2S3. The van der Waals surface area contributed by atoms with Gasteiger partial charge >= 0.3 is 0 Å². The van der Waals surface area contributed by atoms with E-state index in [2.05, 4.69) is 16.9 Å². The number of aromatic nitrogens is 3. The monoisotopic (exact) mass is 440 g/mol. The van der Waals surface area contributed by atoms with Crippen molar-refractivity contribution in [2.45, 2.75) is 23.7 Å². The van der Waals surface area contributed by atoms with Gasteiger partial charge < -0.3 is 9.88 Å². The summed E-state index contributed by atoms with van der Waals surface area (Å²) in [6.45, 7) is 3.86. The Morgan fingerprint density at radius 3 is 2.75 bits per heavy atom. The summed E-state index contributed by atoms with van der Waals surface area (Å²) in [4.78, 5) is 29.5. The van der Waals surface area contributed by atoms with Crippen LogP contribution in [0.5, 0.6) is 0 Å². The Kier molecular flexibility index (Phi) is 6.37. The summed E-state index contributed by atoms with van der Waals surface area (Å²) in [6, 6.07) is 6.02. The van der Waals surface area contributed by atoms with Gasteiger partial charge in [0.15, 0.2) is 9.60 Å². The number of thiazole rings is 1. The minimum atomic E-state index is -2.51. The fourth-order valence-corrected chi connectivity index (χ4v) is 4.26. The number of fused-ring (bicyclic) bond motifs is 1. The molecule has 0 fully saturated rings. The maximum atomic E-state index is 12.6. The smallest absolute Gasteiger partial charge is 0.288 e. The zero-order valence-electron chi connectivity index (χ0n) is 14.3. The molecule has 0 bridgehead atoms. The molecule has 0 aliphatic rings. The standard InChI is InChI=1S/C17H14F2N4O2S3/c1-2-7-23-14-13(28-17(23)26)15(25)22(9-20-14)8-12(24)21-10-3-5-11(6-4-10)27-16(18)19/h2-6,9,16H,1,7-8H2,(H,21,24). The lowest BCUT2D eigenvalue weighted by Crippen LogP contribution is -2.27. The van der Waals surface area contributed by atoms with Crippen LogP contribution in [0.3, 0.4) is 0 Å². The first kappa shape index (κ1) is 20.4.